The van der Waals surface area contributed by atoms with E-state index in [1.807, 2.05) is 24.4 Å². The summed E-state index contributed by atoms with van der Waals surface area (Å²) in [6.45, 7) is 0.974. The van der Waals surface area contributed by atoms with Crippen molar-refractivity contribution in [2.45, 2.75) is 31.1 Å². The van der Waals surface area contributed by atoms with Crippen LogP contribution >= 0.6 is 0 Å². The van der Waals surface area contributed by atoms with Gasteiger partial charge in [0.2, 0.25) is 10.0 Å². The highest BCUT2D eigenvalue weighted by Gasteiger charge is 2.41. The maximum absolute atomic E-state index is 13.9. The Kier molecular flexibility index (Phi) is 5.36. The largest absolute Gasteiger partial charge is 0.359 e. The molecule has 1 aliphatic rings. The van der Waals surface area contributed by atoms with E-state index in [0.717, 1.165) is 60.5 Å². The maximum Gasteiger partial charge on any atom is 0.229 e. The highest BCUT2D eigenvalue weighted by atomic mass is 32.2. The summed E-state index contributed by atoms with van der Waals surface area (Å²) in [6.07, 6.45) is 6.86. The Morgan fingerprint density at radius 2 is 2.00 bits per heavy atom. The molecule has 2 aromatic carbocycles. The van der Waals surface area contributed by atoms with Gasteiger partial charge >= 0.3 is 0 Å². The van der Waals surface area contributed by atoms with E-state index in [9.17, 15) is 12.8 Å². The van der Waals surface area contributed by atoms with E-state index in [4.69, 9.17) is 0 Å². The van der Waals surface area contributed by atoms with Crippen LogP contribution in [0.15, 0.2) is 42.6 Å². The first-order valence-corrected chi connectivity index (χ1v) is 12.1. The van der Waals surface area contributed by atoms with Crippen LogP contribution in [0.3, 0.4) is 0 Å². The van der Waals surface area contributed by atoms with E-state index in [2.05, 4.69) is 28.7 Å². The Hall–Kier alpha value is -2.38. The lowest BCUT2D eigenvalue weighted by Crippen LogP contribution is -2.26. The van der Waals surface area contributed by atoms with E-state index in [-0.39, 0.29) is 11.2 Å². The van der Waals surface area contributed by atoms with Gasteiger partial charge in [0.1, 0.15) is 5.82 Å². The number of benzene rings is 2. The summed E-state index contributed by atoms with van der Waals surface area (Å²) in [6, 6.07) is 10.8. The molecular formula is C23H28FN3O2S. The van der Waals surface area contributed by atoms with Crippen LogP contribution in [0.1, 0.15) is 36.0 Å². The molecule has 160 valence electrons. The van der Waals surface area contributed by atoms with Crippen LogP contribution in [0.4, 0.5) is 10.1 Å². The number of hydrogen-bond donors (Lipinski definition) is 2. The third kappa shape index (κ3) is 3.84. The monoisotopic (exact) mass is 429 g/mol. The van der Waals surface area contributed by atoms with Crippen molar-refractivity contribution in [3.63, 3.8) is 0 Å². The van der Waals surface area contributed by atoms with Crippen LogP contribution in [0.2, 0.25) is 0 Å². The van der Waals surface area contributed by atoms with Gasteiger partial charge in [-0.25, -0.2) is 12.8 Å². The Morgan fingerprint density at radius 1 is 1.20 bits per heavy atom. The number of para-hydroxylation sites is 1. The fourth-order valence-corrected chi connectivity index (χ4v) is 5.49. The fraction of sp³-hybridized carbons (Fsp3) is 0.391. The van der Waals surface area contributed by atoms with Crippen molar-refractivity contribution < 1.29 is 12.8 Å². The minimum Gasteiger partial charge on any atom is -0.359 e. The molecule has 3 aromatic rings. The van der Waals surface area contributed by atoms with E-state index >= 15 is 0 Å². The molecule has 4 rings (SSSR count). The molecule has 7 heteroatoms. The molecule has 5 nitrogen and oxygen atoms in total. The van der Waals surface area contributed by atoms with Crippen molar-refractivity contribution in [2.24, 2.45) is 0 Å². The summed E-state index contributed by atoms with van der Waals surface area (Å²) < 4.78 is 40.1. The Bertz CT molecular complexity index is 1190. The smallest absolute Gasteiger partial charge is 0.229 e. The number of sulfonamides is 1. The van der Waals surface area contributed by atoms with Gasteiger partial charge in [0.25, 0.3) is 0 Å². The first-order valence-electron chi connectivity index (χ1n) is 10.2. The number of nitrogens with zero attached hydrogens (tertiary/aromatic N) is 1. The molecule has 1 atom stereocenters. The van der Waals surface area contributed by atoms with Crippen LogP contribution in [0.25, 0.3) is 10.9 Å². The zero-order chi connectivity index (χ0) is 21.5. The zero-order valence-electron chi connectivity index (χ0n) is 17.6. The average Bonchev–Trinajstić information content (AvgIpc) is 3.23. The minimum absolute atomic E-state index is 0.198. The van der Waals surface area contributed by atoms with Crippen LogP contribution < -0.4 is 4.72 Å². The van der Waals surface area contributed by atoms with Crippen LogP contribution in [-0.2, 0) is 21.9 Å². The lowest BCUT2D eigenvalue weighted by Gasteiger charge is -2.31. The second kappa shape index (κ2) is 7.71. The molecular weight excluding hydrogens is 401 g/mol. The molecule has 0 aliphatic heterocycles. The number of fused-ring (bicyclic) bond motifs is 2. The van der Waals surface area contributed by atoms with Crippen LogP contribution in [0.5, 0.6) is 0 Å². The van der Waals surface area contributed by atoms with Crippen molar-refractivity contribution in [3.8, 4) is 0 Å². The highest BCUT2D eigenvalue weighted by molar-refractivity contribution is 7.92. The number of halogens is 1. The molecule has 1 unspecified atom stereocenters. The molecule has 0 saturated carbocycles. The summed E-state index contributed by atoms with van der Waals surface area (Å²) in [5.74, 6) is -0.198. The van der Waals surface area contributed by atoms with Crippen molar-refractivity contribution in [1.29, 1.82) is 0 Å². The van der Waals surface area contributed by atoms with Crippen LogP contribution in [0, 0.1) is 5.82 Å². The number of anilines is 1. The van der Waals surface area contributed by atoms with Gasteiger partial charge in [-0.3, -0.25) is 4.72 Å². The molecule has 0 spiro atoms. The van der Waals surface area contributed by atoms with Crippen LogP contribution in [-0.4, -0.2) is 45.2 Å². The lowest BCUT2D eigenvalue weighted by atomic mass is 9.72. The number of aromatic amines is 1. The van der Waals surface area contributed by atoms with Gasteiger partial charge in [-0.1, -0.05) is 18.2 Å². The van der Waals surface area contributed by atoms with E-state index in [1.54, 1.807) is 18.2 Å². The average molecular weight is 430 g/mol. The number of H-pyrrole nitrogens is 1. The standard InChI is InChI=1S/C23H28FN3O2S/c1-27(2)13-5-11-23(12-10-16-14-17(24)8-9-19(16)23)20-15-25-22-18(20)6-4-7-21(22)26-30(3,28)29/h4,6-9,14-15,25-26H,5,10-13H2,1-3H3. The third-order valence-electron chi connectivity index (χ3n) is 6.14. The number of nitrogens with one attached hydrogen (secondary N) is 2. The molecule has 0 radical (unpaired) electrons. The van der Waals surface area contributed by atoms with Gasteiger partial charge in [0.15, 0.2) is 0 Å². The normalized spacial score (nSPS) is 18.8. The number of aryl methyl sites for hydroxylation is 1. The molecule has 0 fully saturated rings. The number of aromatic nitrogens is 1. The second-order valence-electron chi connectivity index (χ2n) is 8.60. The lowest BCUT2D eigenvalue weighted by molar-refractivity contribution is 0.360. The molecule has 0 bridgehead atoms. The van der Waals surface area contributed by atoms with Gasteiger partial charge in [0, 0.05) is 17.0 Å². The third-order valence-corrected chi connectivity index (χ3v) is 6.73. The molecule has 1 aromatic heterocycles. The zero-order valence-corrected chi connectivity index (χ0v) is 18.4. The van der Waals surface area contributed by atoms with Crippen molar-refractivity contribution in [1.82, 2.24) is 9.88 Å². The molecule has 30 heavy (non-hydrogen) atoms. The van der Waals surface area contributed by atoms with Crippen molar-refractivity contribution in [3.05, 3.63) is 65.1 Å². The molecule has 1 aliphatic carbocycles. The summed E-state index contributed by atoms with van der Waals surface area (Å²) in [5, 5.41) is 1.01. The van der Waals surface area contributed by atoms with E-state index in [1.165, 1.54) is 5.56 Å². The first-order chi connectivity index (χ1) is 14.2. The SMILES string of the molecule is CN(C)CCCC1(c2c[nH]c3c(NS(C)(=O)=O)cccc23)CCc2cc(F)ccc21. The second-order valence-corrected chi connectivity index (χ2v) is 10.3. The quantitative estimate of drug-likeness (QED) is 0.590. The molecule has 0 saturated heterocycles. The Morgan fingerprint density at radius 3 is 2.73 bits per heavy atom. The summed E-state index contributed by atoms with van der Waals surface area (Å²) in [7, 11) is 0.750. The number of rotatable bonds is 7. The van der Waals surface area contributed by atoms with Crippen molar-refractivity contribution >= 4 is 26.6 Å². The summed E-state index contributed by atoms with van der Waals surface area (Å²) in [4.78, 5) is 5.49. The number of hydrogen-bond acceptors (Lipinski definition) is 3. The molecule has 1 heterocycles. The van der Waals surface area contributed by atoms with Crippen molar-refractivity contribution in [2.75, 3.05) is 31.6 Å². The summed E-state index contributed by atoms with van der Waals surface area (Å²) in [5.41, 5.74) is 4.51. The molecule has 2 N–H and O–H groups in total. The van der Waals surface area contributed by atoms with Gasteiger partial charge in [-0.05, 0) is 81.2 Å². The van der Waals surface area contributed by atoms with Gasteiger partial charge in [-0.2, -0.15) is 0 Å². The van der Waals surface area contributed by atoms with Gasteiger partial charge < -0.3 is 9.88 Å². The minimum atomic E-state index is -3.39. The van der Waals surface area contributed by atoms with E-state index < -0.39 is 10.0 Å². The Labute approximate surface area is 177 Å². The predicted molar refractivity (Wildman–Crippen MR) is 120 cm³/mol. The maximum atomic E-state index is 13.9. The van der Waals surface area contributed by atoms with E-state index in [0.29, 0.717) is 5.69 Å². The first kappa shape index (κ1) is 20.9. The topological polar surface area (TPSA) is 65.2 Å². The fourth-order valence-electron chi connectivity index (χ4n) is 4.92. The highest BCUT2D eigenvalue weighted by Crippen LogP contribution is 2.50. The Balaban J connectivity index is 1.85. The van der Waals surface area contributed by atoms with Gasteiger partial charge in [0.05, 0.1) is 17.5 Å². The summed E-state index contributed by atoms with van der Waals surface area (Å²) >= 11 is 0. The molecule has 0 amide bonds. The predicted octanol–water partition coefficient (Wildman–Crippen LogP) is 4.25. The van der Waals surface area contributed by atoms with Gasteiger partial charge in [-0.15, -0.1) is 0 Å².